The van der Waals surface area contributed by atoms with E-state index < -0.39 is 0 Å². The van der Waals surface area contributed by atoms with Gasteiger partial charge in [0, 0.05) is 25.0 Å². The molecule has 8 heavy (non-hydrogen) atoms. The summed E-state index contributed by atoms with van der Waals surface area (Å²) in [5, 5.41) is 0. The standard InChI is InChI=1S/C5H9O.Cs.V.H/c1-2-3-4-5-6;;;/h5H,1-4H2;;;/q-1;+1;;-1. The Bertz CT molecular complexity index is 45.9. The van der Waals surface area contributed by atoms with Gasteiger partial charge in [-0.05, 0) is 0 Å². The molecule has 0 N–H and O–H groups in total. The number of aldehydes is 1. The summed E-state index contributed by atoms with van der Waals surface area (Å²) in [6.45, 7) is 3.56. The zero-order chi connectivity index (χ0) is 4.83. The summed E-state index contributed by atoms with van der Waals surface area (Å²) >= 11 is 0. The molecular formula is C5H10CsOV-. The van der Waals surface area contributed by atoms with Crippen LogP contribution in [0.25, 0.3) is 0 Å². The summed E-state index contributed by atoms with van der Waals surface area (Å²) in [6.07, 6.45) is 3.40. The predicted molar refractivity (Wildman–Crippen MR) is 26.4 cm³/mol. The van der Waals surface area contributed by atoms with Crippen LogP contribution in [0.1, 0.15) is 20.7 Å². The minimum atomic E-state index is 0. The summed E-state index contributed by atoms with van der Waals surface area (Å²) < 4.78 is 0. The van der Waals surface area contributed by atoms with Crippen molar-refractivity contribution in [3.63, 3.8) is 0 Å². The Balaban J connectivity index is -0.0000000417. The molecule has 0 fully saturated rings. The van der Waals surface area contributed by atoms with Crippen molar-refractivity contribution < 1.29 is 93.7 Å². The van der Waals surface area contributed by atoms with E-state index in [0.29, 0.717) is 6.42 Å². The quantitative estimate of drug-likeness (QED) is 0.339. The molecule has 0 bridgehead atoms. The first-order valence-electron chi connectivity index (χ1n) is 2.14. The zero-order valence-electron chi connectivity index (χ0n) is 6.26. The molecule has 0 atom stereocenters. The van der Waals surface area contributed by atoms with E-state index in [2.05, 4.69) is 6.92 Å². The smallest absolute Gasteiger partial charge is 1.00 e. The second-order valence-electron chi connectivity index (χ2n) is 1.16. The molecular weight excluding hydrogens is 260 g/mol. The second kappa shape index (κ2) is 16.1. The van der Waals surface area contributed by atoms with Crippen molar-refractivity contribution in [3.05, 3.63) is 6.92 Å². The van der Waals surface area contributed by atoms with Crippen molar-refractivity contribution >= 4 is 6.29 Å². The summed E-state index contributed by atoms with van der Waals surface area (Å²) in [7, 11) is 0. The average molecular weight is 270 g/mol. The van der Waals surface area contributed by atoms with Gasteiger partial charge in [-0.3, -0.25) is 0 Å². The van der Waals surface area contributed by atoms with E-state index in [1.54, 1.807) is 0 Å². The monoisotopic (exact) mass is 270 g/mol. The maximum Gasteiger partial charge on any atom is 1.00 e. The molecule has 0 aromatic heterocycles. The van der Waals surface area contributed by atoms with E-state index in [9.17, 15) is 4.79 Å². The molecule has 1 radical (unpaired) electrons. The molecule has 0 aliphatic heterocycles. The molecule has 0 aromatic carbocycles. The molecule has 0 aliphatic rings. The van der Waals surface area contributed by atoms with Gasteiger partial charge < -0.3 is 13.1 Å². The van der Waals surface area contributed by atoms with Crippen LogP contribution in [0.2, 0.25) is 0 Å². The molecule has 1 nitrogen and oxygen atoms in total. The first-order chi connectivity index (χ1) is 2.91. The maximum absolute atomic E-state index is 9.54. The Morgan fingerprint density at radius 2 is 2.12 bits per heavy atom. The fourth-order valence-electron chi connectivity index (χ4n) is 0.228. The van der Waals surface area contributed by atoms with Crippen LogP contribution < -0.4 is 68.9 Å². The van der Waals surface area contributed by atoms with Gasteiger partial charge in [-0.1, -0.05) is 6.42 Å². The zero-order valence-corrected chi connectivity index (χ0v) is 12.9. The van der Waals surface area contributed by atoms with E-state index >= 15 is 0 Å². The Kier molecular flexibility index (Phi) is 33.7. The fourth-order valence-corrected chi connectivity index (χ4v) is 0.228. The number of hydrogen-bond acceptors (Lipinski definition) is 1. The number of rotatable bonds is 3. The molecule has 0 heterocycles. The van der Waals surface area contributed by atoms with Gasteiger partial charge in [0.05, 0.1) is 0 Å². The van der Waals surface area contributed by atoms with Gasteiger partial charge in [0.25, 0.3) is 0 Å². The largest absolute Gasteiger partial charge is 1.00 e. The van der Waals surface area contributed by atoms with Crippen molar-refractivity contribution in [2.24, 2.45) is 0 Å². The average Bonchev–Trinajstić information content (AvgIpc) is 1.61. The number of carbonyl (C=O) groups excluding carboxylic acids is 1. The van der Waals surface area contributed by atoms with E-state index in [-0.39, 0.29) is 88.9 Å². The third-order valence-electron chi connectivity index (χ3n) is 0.572. The minimum Gasteiger partial charge on any atom is -1.00 e. The molecule has 3 heteroatoms. The number of carbonyl (C=O) groups is 1. The second-order valence-corrected chi connectivity index (χ2v) is 1.16. The van der Waals surface area contributed by atoms with Crippen molar-refractivity contribution in [3.8, 4) is 0 Å². The van der Waals surface area contributed by atoms with Crippen LogP contribution >= 0.6 is 0 Å². The van der Waals surface area contributed by atoms with Crippen molar-refractivity contribution in [1.29, 1.82) is 0 Å². The molecule has 0 saturated carbocycles. The van der Waals surface area contributed by atoms with Gasteiger partial charge in [0.1, 0.15) is 6.29 Å². The third-order valence-corrected chi connectivity index (χ3v) is 0.572. The van der Waals surface area contributed by atoms with Gasteiger partial charge in [-0.2, -0.15) is 6.42 Å². The topological polar surface area (TPSA) is 17.1 Å². The molecule has 0 aliphatic carbocycles. The summed E-state index contributed by atoms with van der Waals surface area (Å²) in [5.74, 6) is 0. The van der Waals surface area contributed by atoms with E-state index in [1.807, 2.05) is 0 Å². The first-order valence-corrected chi connectivity index (χ1v) is 2.14. The molecule has 0 aromatic rings. The Morgan fingerprint density at radius 1 is 1.62 bits per heavy atom. The molecule has 0 saturated heterocycles. The van der Waals surface area contributed by atoms with E-state index in [1.165, 1.54) is 0 Å². The molecule has 43 valence electrons. The van der Waals surface area contributed by atoms with Gasteiger partial charge in [0.2, 0.25) is 0 Å². The first kappa shape index (κ1) is 16.7. The number of unbranched alkanes of at least 4 members (excludes halogenated alkanes) is 2. The van der Waals surface area contributed by atoms with E-state index in [4.69, 9.17) is 0 Å². The Labute approximate surface area is 123 Å². The van der Waals surface area contributed by atoms with Crippen LogP contribution in [0.15, 0.2) is 0 Å². The molecule has 0 unspecified atom stereocenters. The van der Waals surface area contributed by atoms with Crippen molar-refractivity contribution in [2.45, 2.75) is 19.3 Å². The van der Waals surface area contributed by atoms with Crippen LogP contribution in [0.3, 0.4) is 0 Å². The predicted octanol–water partition coefficient (Wildman–Crippen LogP) is -1.70. The van der Waals surface area contributed by atoms with E-state index in [0.717, 1.165) is 19.1 Å². The number of hydrogen-bond donors (Lipinski definition) is 0. The SMILES string of the molecule is [CH2-]CCCC=O.[Cs+].[H-].[V]. The van der Waals surface area contributed by atoms with Crippen LogP contribution in [0, 0.1) is 6.92 Å². The summed E-state index contributed by atoms with van der Waals surface area (Å²) in [4.78, 5) is 9.54. The minimum absolute atomic E-state index is 0. The van der Waals surface area contributed by atoms with Crippen LogP contribution in [-0.2, 0) is 23.4 Å². The Morgan fingerprint density at radius 3 is 2.25 bits per heavy atom. The van der Waals surface area contributed by atoms with Gasteiger partial charge in [0.15, 0.2) is 0 Å². The normalized spacial score (nSPS) is 6.12. The molecule has 0 spiro atoms. The molecule has 0 rings (SSSR count). The third kappa shape index (κ3) is 15.7. The summed E-state index contributed by atoms with van der Waals surface area (Å²) in [6, 6.07) is 0. The fraction of sp³-hybridized carbons (Fsp3) is 0.600. The maximum atomic E-state index is 9.54. The van der Waals surface area contributed by atoms with Crippen molar-refractivity contribution in [1.82, 2.24) is 0 Å². The molecule has 0 amide bonds. The van der Waals surface area contributed by atoms with Gasteiger partial charge in [-0.15, -0.1) is 0 Å². The van der Waals surface area contributed by atoms with Gasteiger partial charge >= 0.3 is 68.9 Å². The van der Waals surface area contributed by atoms with Crippen LogP contribution in [0.4, 0.5) is 0 Å². The Hall–Kier alpha value is 2.31. The van der Waals surface area contributed by atoms with Crippen LogP contribution in [-0.4, -0.2) is 6.29 Å². The van der Waals surface area contributed by atoms with Crippen molar-refractivity contribution in [2.75, 3.05) is 0 Å². The summed E-state index contributed by atoms with van der Waals surface area (Å²) in [5.41, 5.74) is 0. The van der Waals surface area contributed by atoms with Crippen LogP contribution in [0.5, 0.6) is 0 Å². The van der Waals surface area contributed by atoms with Gasteiger partial charge in [-0.25, -0.2) is 0 Å².